The summed E-state index contributed by atoms with van der Waals surface area (Å²) in [5.41, 5.74) is 1.08. The molecular formula is C19H28N4O4. The summed E-state index contributed by atoms with van der Waals surface area (Å²) >= 11 is 0. The highest BCUT2D eigenvalue weighted by atomic mass is 16.5. The Bertz CT molecular complexity index is 692. The maximum Gasteiger partial charge on any atom is 0.238 e. The molecule has 0 spiro atoms. The number of hydrogen-bond donors (Lipinski definition) is 3. The van der Waals surface area contributed by atoms with Gasteiger partial charge in [-0.25, -0.2) is 0 Å². The number of nitrogens with zero attached hydrogens (tertiary/aromatic N) is 1. The normalized spacial score (nSPS) is 17.1. The predicted octanol–water partition coefficient (Wildman–Crippen LogP) is 1.58. The van der Waals surface area contributed by atoms with E-state index in [9.17, 15) is 14.4 Å². The fraction of sp³-hybridized carbons (Fsp3) is 0.526. The van der Waals surface area contributed by atoms with E-state index >= 15 is 0 Å². The first-order chi connectivity index (χ1) is 12.9. The molecule has 1 fully saturated rings. The topological polar surface area (TPSA) is 99.8 Å². The summed E-state index contributed by atoms with van der Waals surface area (Å²) in [5, 5.41) is 8.52. The third kappa shape index (κ3) is 6.56. The molecule has 8 heteroatoms. The molecule has 1 heterocycles. The van der Waals surface area contributed by atoms with Crippen molar-refractivity contribution in [1.82, 2.24) is 10.2 Å². The first-order valence-electron chi connectivity index (χ1n) is 9.18. The van der Waals surface area contributed by atoms with Gasteiger partial charge in [-0.1, -0.05) is 6.92 Å². The molecule has 1 aromatic carbocycles. The second-order valence-electron chi connectivity index (χ2n) is 6.64. The highest BCUT2D eigenvalue weighted by Gasteiger charge is 2.23. The molecule has 0 aromatic heterocycles. The molecule has 27 heavy (non-hydrogen) atoms. The molecule has 1 aromatic rings. The highest BCUT2D eigenvalue weighted by Crippen LogP contribution is 2.28. The number of ether oxygens (including phenoxy) is 1. The van der Waals surface area contributed by atoms with E-state index in [1.54, 1.807) is 18.2 Å². The molecule has 3 N–H and O–H groups in total. The molecule has 2 rings (SSSR count). The molecule has 1 aliphatic heterocycles. The Labute approximate surface area is 159 Å². The molecule has 0 radical (unpaired) electrons. The van der Waals surface area contributed by atoms with Gasteiger partial charge in [-0.3, -0.25) is 19.3 Å². The van der Waals surface area contributed by atoms with Crippen LogP contribution >= 0.6 is 0 Å². The van der Waals surface area contributed by atoms with Crippen molar-refractivity contribution in [3.63, 3.8) is 0 Å². The molecule has 0 bridgehead atoms. The summed E-state index contributed by atoms with van der Waals surface area (Å²) in [6, 6.07) is 5.15. The second-order valence-corrected chi connectivity index (χ2v) is 6.64. The van der Waals surface area contributed by atoms with Gasteiger partial charge in [0.15, 0.2) is 0 Å². The van der Waals surface area contributed by atoms with Crippen LogP contribution in [0.1, 0.15) is 33.1 Å². The predicted molar refractivity (Wildman–Crippen MR) is 104 cm³/mol. The van der Waals surface area contributed by atoms with Gasteiger partial charge in [-0.2, -0.15) is 0 Å². The lowest BCUT2D eigenvalue weighted by Gasteiger charge is -2.32. The van der Waals surface area contributed by atoms with Crippen LogP contribution in [0.15, 0.2) is 18.2 Å². The van der Waals surface area contributed by atoms with Crippen molar-refractivity contribution in [1.29, 1.82) is 0 Å². The van der Waals surface area contributed by atoms with Gasteiger partial charge < -0.3 is 20.7 Å². The number of amides is 3. The standard InChI is InChI=1S/C19H28N4O4/c1-4-18(25)21-15-6-5-9-23(11-15)12-19(26)22-16-10-14(20-13(2)24)7-8-17(16)27-3/h7-8,10,15H,4-6,9,11-12H2,1-3H3,(H,20,24)(H,21,25)(H,22,26). The Hall–Kier alpha value is -2.61. The molecule has 1 unspecified atom stereocenters. The number of methoxy groups -OCH3 is 1. The zero-order chi connectivity index (χ0) is 19.8. The molecule has 1 saturated heterocycles. The lowest BCUT2D eigenvalue weighted by Crippen LogP contribution is -2.49. The van der Waals surface area contributed by atoms with E-state index in [1.165, 1.54) is 14.0 Å². The van der Waals surface area contributed by atoms with Crippen LogP contribution < -0.4 is 20.7 Å². The van der Waals surface area contributed by atoms with Gasteiger partial charge in [0.25, 0.3) is 0 Å². The number of carbonyl (C=O) groups is 3. The monoisotopic (exact) mass is 376 g/mol. The fourth-order valence-electron chi connectivity index (χ4n) is 3.13. The lowest BCUT2D eigenvalue weighted by molar-refractivity contribution is -0.122. The maximum absolute atomic E-state index is 12.5. The molecule has 148 valence electrons. The zero-order valence-corrected chi connectivity index (χ0v) is 16.1. The summed E-state index contributed by atoms with van der Waals surface area (Å²) in [6.07, 6.45) is 2.32. The van der Waals surface area contributed by atoms with Gasteiger partial charge >= 0.3 is 0 Å². The van der Waals surface area contributed by atoms with Gasteiger partial charge in [0, 0.05) is 31.6 Å². The Morgan fingerprint density at radius 3 is 2.67 bits per heavy atom. The fourth-order valence-corrected chi connectivity index (χ4v) is 3.13. The second kappa shape index (κ2) is 9.91. The highest BCUT2D eigenvalue weighted by molar-refractivity contribution is 5.95. The Morgan fingerprint density at radius 2 is 2.00 bits per heavy atom. The van der Waals surface area contributed by atoms with Crippen molar-refractivity contribution in [2.24, 2.45) is 0 Å². The van der Waals surface area contributed by atoms with E-state index in [1.807, 2.05) is 11.8 Å². The van der Waals surface area contributed by atoms with Crippen LogP contribution in [0.5, 0.6) is 5.75 Å². The van der Waals surface area contributed by atoms with E-state index in [0.717, 1.165) is 19.4 Å². The molecule has 8 nitrogen and oxygen atoms in total. The van der Waals surface area contributed by atoms with Crippen molar-refractivity contribution in [2.75, 3.05) is 37.4 Å². The number of rotatable bonds is 7. The Balaban J connectivity index is 1.96. The number of nitrogens with one attached hydrogen (secondary N) is 3. The third-order valence-electron chi connectivity index (χ3n) is 4.35. The quantitative estimate of drug-likeness (QED) is 0.671. The number of hydrogen-bond acceptors (Lipinski definition) is 5. The van der Waals surface area contributed by atoms with Gasteiger partial charge in [0.05, 0.1) is 19.3 Å². The lowest BCUT2D eigenvalue weighted by atomic mass is 10.1. The Kier molecular flexibility index (Phi) is 7.60. The first-order valence-corrected chi connectivity index (χ1v) is 9.18. The third-order valence-corrected chi connectivity index (χ3v) is 4.35. The van der Waals surface area contributed by atoms with E-state index < -0.39 is 0 Å². The van der Waals surface area contributed by atoms with Gasteiger partial charge in [-0.15, -0.1) is 0 Å². The maximum atomic E-state index is 12.5. The molecule has 3 amide bonds. The number of carbonyl (C=O) groups excluding carboxylic acids is 3. The largest absolute Gasteiger partial charge is 0.495 e. The van der Waals surface area contributed by atoms with Crippen molar-refractivity contribution < 1.29 is 19.1 Å². The summed E-state index contributed by atoms with van der Waals surface area (Å²) in [7, 11) is 1.52. The number of benzene rings is 1. The number of piperidine rings is 1. The van der Waals surface area contributed by atoms with Crippen LogP contribution in [0.25, 0.3) is 0 Å². The van der Waals surface area contributed by atoms with E-state index in [2.05, 4.69) is 16.0 Å². The average molecular weight is 376 g/mol. The van der Waals surface area contributed by atoms with Crippen LogP contribution in [0.4, 0.5) is 11.4 Å². The SMILES string of the molecule is CCC(=O)NC1CCCN(CC(=O)Nc2cc(NC(C)=O)ccc2OC)C1. The summed E-state index contributed by atoms with van der Waals surface area (Å²) < 4.78 is 5.28. The van der Waals surface area contributed by atoms with Gasteiger partial charge in [0.2, 0.25) is 17.7 Å². The average Bonchev–Trinajstić information content (AvgIpc) is 2.61. The van der Waals surface area contributed by atoms with Crippen molar-refractivity contribution in [3.05, 3.63) is 18.2 Å². The zero-order valence-electron chi connectivity index (χ0n) is 16.1. The van der Waals surface area contributed by atoms with Crippen LogP contribution in [0, 0.1) is 0 Å². The van der Waals surface area contributed by atoms with Crippen molar-refractivity contribution in [3.8, 4) is 5.75 Å². The number of anilines is 2. The van der Waals surface area contributed by atoms with Crippen molar-refractivity contribution in [2.45, 2.75) is 39.2 Å². The molecule has 0 aliphatic carbocycles. The van der Waals surface area contributed by atoms with E-state index in [4.69, 9.17) is 4.74 Å². The molecule has 1 aliphatic rings. The minimum absolute atomic E-state index is 0.0332. The molecular weight excluding hydrogens is 348 g/mol. The molecule has 1 atom stereocenters. The van der Waals surface area contributed by atoms with E-state index in [-0.39, 0.29) is 30.3 Å². The van der Waals surface area contributed by atoms with Gasteiger partial charge in [0.1, 0.15) is 5.75 Å². The summed E-state index contributed by atoms with van der Waals surface area (Å²) in [4.78, 5) is 37.3. The van der Waals surface area contributed by atoms with Crippen LogP contribution in [-0.4, -0.2) is 55.4 Å². The van der Waals surface area contributed by atoms with Crippen molar-refractivity contribution >= 4 is 29.1 Å². The van der Waals surface area contributed by atoms with Gasteiger partial charge in [-0.05, 0) is 37.6 Å². The first kappa shape index (κ1) is 20.7. The minimum Gasteiger partial charge on any atom is -0.495 e. The van der Waals surface area contributed by atoms with Crippen LogP contribution in [0.2, 0.25) is 0 Å². The molecule has 0 saturated carbocycles. The summed E-state index contributed by atoms with van der Waals surface area (Å²) in [5.74, 6) is 0.191. The van der Waals surface area contributed by atoms with Crippen LogP contribution in [0.3, 0.4) is 0 Å². The summed E-state index contributed by atoms with van der Waals surface area (Å²) in [6.45, 7) is 4.95. The van der Waals surface area contributed by atoms with E-state index in [0.29, 0.717) is 30.1 Å². The minimum atomic E-state index is -0.189. The van der Waals surface area contributed by atoms with Crippen LogP contribution in [-0.2, 0) is 14.4 Å². The Morgan fingerprint density at radius 1 is 1.22 bits per heavy atom. The smallest absolute Gasteiger partial charge is 0.238 e. The number of likely N-dealkylation sites (tertiary alicyclic amines) is 1.